The number of halogens is 1. The van der Waals surface area contributed by atoms with Gasteiger partial charge in [0.05, 0.1) is 0 Å². The Labute approximate surface area is 185 Å². The predicted molar refractivity (Wildman–Crippen MR) is 125 cm³/mol. The quantitative estimate of drug-likeness (QED) is 0.682. The van der Waals surface area contributed by atoms with Gasteiger partial charge in [0.2, 0.25) is 0 Å². The molecule has 2 aliphatic heterocycles. The Bertz CT molecular complexity index is 930. The lowest BCUT2D eigenvalue weighted by Crippen LogP contribution is -2.48. The summed E-state index contributed by atoms with van der Waals surface area (Å²) in [5.74, 6) is 0.200. The number of hydrogen-bond donors (Lipinski definition) is 0. The summed E-state index contributed by atoms with van der Waals surface area (Å²) in [6.45, 7) is 3.19. The van der Waals surface area contributed by atoms with Gasteiger partial charge in [0.1, 0.15) is 5.82 Å². The molecule has 4 rings (SSSR count). The average Bonchev–Trinajstić information content (AvgIpc) is 2.78. The molecule has 0 aliphatic carbocycles. The molecule has 2 aliphatic rings. The van der Waals surface area contributed by atoms with Gasteiger partial charge in [-0.15, -0.1) is 0 Å². The maximum absolute atomic E-state index is 13.3. The van der Waals surface area contributed by atoms with Crippen LogP contribution >= 0.6 is 0 Å². The van der Waals surface area contributed by atoms with Crippen LogP contribution in [0.15, 0.2) is 48.5 Å². The van der Waals surface area contributed by atoms with Gasteiger partial charge < -0.3 is 9.80 Å². The second kappa shape index (κ2) is 9.65. The van der Waals surface area contributed by atoms with E-state index in [2.05, 4.69) is 49.3 Å². The number of fused-ring (bicyclic) bond motifs is 1. The molecule has 2 aromatic carbocycles. The summed E-state index contributed by atoms with van der Waals surface area (Å²) < 4.78 is 13.2. The highest BCUT2D eigenvalue weighted by atomic mass is 19.1. The Hall–Kier alpha value is -2.66. The number of carbonyl (C=O) groups is 1. The predicted octanol–water partition coefficient (Wildman–Crippen LogP) is 5.15. The Balaban J connectivity index is 1.41. The van der Waals surface area contributed by atoms with Crippen molar-refractivity contribution in [2.24, 2.45) is 0 Å². The summed E-state index contributed by atoms with van der Waals surface area (Å²) in [5.41, 5.74) is 4.68. The third-order valence-electron chi connectivity index (χ3n) is 6.34. The molecule has 31 heavy (non-hydrogen) atoms. The third-order valence-corrected chi connectivity index (χ3v) is 6.34. The zero-order valence-corrected chi connectivity index (χ0v) is 18.6. The van der Waals surface area contributed by atoms with Crippen molar-refractivity contribution in [2.75, 3.05) is 45.2 Å². The van der Waals surface area contributed by atoms with Gasteiger partial charge in [0.15, 0.2) is 0 Å². The molecule has 2 heterocycles. The monoisotopic (exact) mass is 421 g/mol. The van der Waals surface area contributed by atoms with Crippen molar-refractivity contribution in [1.82, 2.24) is 9.80 Å². The number of hydrogen-bond acceptors (Lipinski definition) is 2. The van der Waals surface area contributed by atoms with Gasteiger partial charge in [-0.3, -0.25) is 4.90 Å². The van der Waals surface area contributed by atoms with Crippen LogP contribution in [-0.2, 0) is 6.42 Å². The fraction of sp³-hybridized carbons (Fsp3) is 0.423. The van der Waals surface area contributed by atoms with E-state index in [1.54, 1.807) is 0 Å². The molecule has 0 atom stereocenters. The maximum Gasteiger partial charge on any atom is 0.324 e. The summed E-state index contributed by atoms with van der Waals surface area (Å²) in [5, 5.41) is 0. The minimum atomic E-state index is -0.198. The fourth-order valence-corrected chi connectivity index (χ4v) is 4.63. The number of anilines is 1. The first kappa shape index (κ1) is 21.6. The molecule has 0 bridgehead atoms. The molecular formula is C26H32FN3O. The van der Waals surface area contributed by atoms with Crippen LogP contribution in [0.25, 0.3) is 6.08 Å². The summed E-state index contributed by atoms with van der Waals surface area (Å²) in [6.07, 6.45) is 8.18. The second-order valence-corrected chi connectivity index (χ2v) is 8.90. The molecule has 0 aromatic heterocycles. The van der Waals surface area contributed by atoms with Crippen molar-refractivity contribution >= 4 is 17.8 Å². The molecule has 0 radical (unpaired) electrons. The summed E-state index contributed by atoms with van der Waals surface area (Å²) in [6, 6.07) is 13.4. The summed E-state index contributed by atoms with van der Waals surface area (Å²) in [7, 11) is 4.12. The molecule has 0 spiro atoms. The van der Waals surface area contributed by atoms with Gasteiger partial charge >= 0.3 is 6.03 Å². The molecule has 2 aromatic rings. The third kappa shape index (κ3) is 5.16. The van der Waals surface area contributed by atoms with Crippen molar-refractivity contribution in [1.29, 1.82) is 0 Å². The van der Waals surface area contributed by atoms with E-state index in [0.717, 1.165) is 57.5 Å². The number of aryl methyl sites for hydroxylation is 1. The minimum absolute atomic E-state index is 0.120. The number of carbonyl (C=O) groups excluding carboxylic acids is 1. The van der Waals surface area contributed by atoms with E-state index in [-0.39, 0.29) is 11.8 Å². The number of benzene rings is 2. The van der Waals surface area contributed by atoms with Crippen LogP contribution in [0.2, 0.25) is 0 Å². The molecule has 4 nitrogen and oxygen atoms in total. The number of amides is 2. The van der Waals surface area contributed by atoms with Gasteiger partial charge in [-0.25, -0.2) is 9.18 Å². The molecule has 1 fully saturated rings. The normalized spacial score (nSPS) is 17.4. The van der Waals surface area contributed by atoms with E-state index in [1.165, 1.54) is 28.8 Å². The second-order valence-electron chi connectivity index (χ2n) is 8.90. The van der Waals surface area contributed by atoms with Crippen molar-refractivity contribution in [2.45, 2.75) is 31.6 Å². The lowest BCUT2D eigenvalue weighted by molar-refractivity contribution is 0.187. The Kier molecular flexibility index (Phi) is 6.71. The molecule has 0 N–H and O–H groups in total. The highest BCUT2D eigenvalue weighted by Crippen LogP contribution is 2.32. The zero-order chi connectivity index (χ0) is 21.8. The van der Waals surface area contributed by atoms with Crippen molar-refractivity contribution < 1.29 is 9.18 Å². The first-order chi connectivity index (χ1) is 15.0. The van der Waals surface area contributed by atoms with E-state index in [0.29, 0.717) is 5.92 Å². The Morgan fingerprint density at radius 3 is 2.55 bits per heavy atom. The van der Waals surface area contributed by atoms with Crippen molar-refractivity contribution in [3.63, 3.8) is 0 Å². The Morgan fingerprint density at radius 1 is 1.10 bits per heavy atom. The Morgan fingerprint density at radius 2 is 1.84 bits per heavy atom. The van der Waals surface area contributed by atoms with Gasteiger partial charge in [-0.1, -0.05) is 30.4 Å². The summed E-state index contributed by atoms with van der Waals surface area (Å²) in [4.78, 5) is 19.4. The number of piperidine rings is 1. The largest absolute Gasteiger partial charge is 0.324 e. The van der Waals surface area contributed by atoms with Crippen LogP contribution in [-0.4, -0.2) is 56.1 Å². The van der Waals surface area contributed by atoms with Crippen molar-refractivity contribution in [3.8, 4) is 0 Å². The number of likely N-dealkylation sites (tertiary alicyclic amines) is 1. The molecular weight excluding hydrogens is 389 g/mol. The maximum atomic E-state index is 13.3. The van der Waals surface area contributed by atoms with E-state index < -0.39 is 0 Å². The zero-order valence-electron chi connectivity index (χ0n) is 18.6. The van der Waals surface area contributed by atoms with Gasteiger partial charge in [0.25, 0.3) is 0 Å². The number of nitrogens with zero attached hydrogens (tertiary/aromatic N) is 3. The van der Waals surface area contributed by atoms with E-state index in [1.807, 2.05) is 21.9 Å². The lowest BCUT2D eigenvalue weighted by Gasteiger charge is -2.38. The van der Waals surface area contributed by atoms with Crippen LogP contribution in [0.1, 0.15) is 41.9 Å². The minimum Gasteiger partial charge on any atom is -0.324 e. The molecule has 5 heteroatoms. The van der Waals surface area contributed by atoms with E-state index >= 15 is 0 Å². The van der Waals surface area contributed by atoms with Gasteiger partial charge in [-0.2, -0.15) is 0 Å². The molecule has 2 amide bonds. The van der Waals surface area contributed by atoms with Crippen LogP contribution in [0, 0.1) is 5.82 Å². The molecule has 1 saturated heterocycles. The smallest absolute Gasteiger partial charge is 0.324 e. The van der Waals surface area contributed by atoms with E-state index in [9.17, 15) is 9.18 Å². The average molecular weight is 422 g/mol. The van der Waals surface area contributed by atoms with Gasteiger partial charge in [-0.05, 0) is 86.7 Å². The van der Waals surface area contributed by atoms with Crippen molar-refractivity contribution in [3.05, 3.63) is 71.0 Å². The number of likely N-dealkylation sites (N-methyl/N-ethyl adjacent to an activating group) is 1. The highest BCUT2D eigenvalue weighted by Gasteiger charge is 2.30. The number of urea groups is 1. The van der Waals surface area contributed by atoms with Gasteiger partial charge in [0, 0.05) is 31.9 Å². The summed E-state index contributed by atoms with van der Waals surface area (Å²) >= 11 is 0. The van der Waals surface area contributed by atoms with Crippen LogP contribution < -0.4 is 4.90 Å². The molecule has 0 unspecified atom stereocenters. The fourth-order valence-electron chi connectivity index (χ4n) is 4.63. The van der Waals surface area contributed by atoms with Crippen LogP contribution in [0.4, 0.5) is 14.9 Å². The highest BCUT2D eigenvalue weighted by molar-refractivity contribution is 5.93. The number of rotatable bonds is 4. The topological polar surface area (TPSA) is 26.8 Å². The first-order valence-electron chi connectivity index (χ1n) is 11.3. The van der Waals surface area contributed by atoms with Crippen LogP contribution in [0.3, 0.4) is 0 Å². The first-order valence-corrected chi connectivity index (χ1v) is 11.3. The lowest BCUT2D eigenvalue weighted by atomic mass is 9.89. The molecule has 0 saturated carbocycles. The standard InChI is InChI=1S/C26H32FN3O/c1-28(2)15-3-5-20-7-12-25-23(19-20)6-4-16-30(25)26(31)29-17-13-22(14-18-29)21-8-10-24(27)11-9-21/h3,5,7-12,19,22H,4,6,13-18H2,1-2H3/b5-3+. The molecule has 164 valence electrons. The van der Waals surface area contributed by atoms with Crippen LogP contribution in [0.5, 0.6) is 0 Å². The van der Waals surface area contributed by atoms with E-state index in [4.69, 9.17) is 0 Å². The SMILES string of the molecule is CN(C)C/C=C/c1ccc2c(c1)CCCN2C(=O)N1CCC(c2ccc(F)cc2)CC1.